The number of hydrogen-bond acceptors (Lipinski definition) is 2. The molecule has 1 aromatic heterocycles. The minimum absolute atomic E-state index is 1.02. The van der Waals surface area contributed by atoms with Crippen LogP contribution in [0.4, 0.5) is 5.82 Å². The molecule has 2 N–H and O–H groups in total. The van der Waals surface area contributed by atoms with E-state index in [2.05, 4.69) is 55.7 Å². The summed E-state index contributed by atoms with van der Waals surface area (Å²) in [6.45, 7) is 1.03. The topological polar surface area (TPSA) is 40.7 Å². The molecule has 0 amide bonds. The zero-order valence-corrected chi connectivity index (χ0v) is 10.3. The summed E-state index contributed by atoms with van der Waals surface area (Å²) < 4.78 is 1.10. The second-order valence-corrected chi connectivity index (χ2v) is 4.88. The van der Waals surface area contributed by atoms with Crippen LogP contribution in [0.3, 0.4) is 0 Å². The molecule has 0 atom stereocenters. The third kappa shape index (κ3) is 1.63. The largest absolute Gasteiger partial charge is 0.368 e. The lowest BCUT2D eigenvalue weighted by Gasteiger charge is -2.13. The summed E-state index contributed by atoms with van der Waals surface area (Å²) >= 11 is 3.45. The molecular formula is C12H12BrN3. The van der Waals surface area contributed by atoms with Gasteiger partial charge in [-0.25, -0.2) is 0 Å². The molecule has 1 aliphatic heterocycles. The molecule has 16 heavy (non-hydrogen) atoms. The summed E-state index contributed by atoms with van der Waals surface area (Å²) in [4.78, 5) is 0. The fourth-order valence-electron chi connectivity index (χ4n) is 2.08. The number of aromatic amines is 1. The first-order chi connectivity index (χ1) is 7.84. The van der Waals surface area contributed by atoms with Crippen molar-refractivity contribution in [2.45, 2.75) is 12.8 Å². The SMILES string of the molecule is Brc1ccc(-c2[nH]nc3c2CCCN3)cc1. The van der Waals surface area contributed by atoms with Gasteiger partial charge in [-0.3, -0.25) is 5.10 Å². The fourth-order valence-corrected chi connectivity index (χ4v) is 2.35. The van der Waals surface area contributed by atoms with Crippen LogP contribution in [0.25, 0.3) is 11.3 Å². The predicted molar refractivity (Wildman–Crippen MR) is 68.5 cm³/mol. The minimum Gasteiger partial charge on any atom is -0.368 e. The highest BCUT2D eigenvalue weighted by Gasteiger charge is 2.17. The van der Waals surface area contributed by atoms with E-state index in [0.29, 0.717) is 0 Å². The van der Waals surface area contributed by atoms with Crippen LogP contribution in [0.15, 0.2) is 28.7 Å². The Morgan fingerprint density at radius 2 is 2.00 bits per heavy atom. The summed E-state index contributed by atoms with van der Waals surface area (Å²) in [5.74, 6) is 1.02. The molecule has 0 unspecified atom stereocenters. The number of benzene rings is 1. The minimum atomic E-state index is 1.02. The van der Waals surface area contributed by atoms with Gasteiger partial charge < -0.3 is 5.32 Å². The van der Waals surface area contributed by atoms with E-state index in [9.17, 15) is 0 Å². The average molecular weight is 278 g/mol. The van der Waals surface area contributed by atoms with Gasteiger partial charge >= 0.3 is 0 Å². The summed E-state index contributed by atoms with van der Waals surface area (Å²) in [7, 11) is 0. The molecular weight excluding hydrogens is 266 g/mol. The van der Waals surface area contributed by atoms with Crippen LogP contribution in [0, 0.1) is 0 Å². The lowest BCUT2D eigenvalue weighted by molar-refractivity contribution is 0.828. The standard InChI is InChI=1S/C12H12BrN3/c13-9-5-3-8(4-6-9)11-10-2-1-7-14-12(10)16-15-11/h3-6H,1-2,7H2,(H2,14,15,16). The van der Waals surface area contributed by atoms with Crippen LogP contribution in [-0.2, 0) is 6.42 Å². The Balaban J connectivity index is 2.06. The van der Waals surface area contributed by atoms with Gasteiger partial charge in [0.25, 0.3) is 0 Å². The van der Waals surface area contributed by atoms with Gasteiger partial charge in [-0.2, -0.15) is 5.10 Å². The number of nitrogens with zero attached hydrogens (tertiary/aromatic N) is 1. The third-order valence-electron chi connectivity index (χ3n) is 2.90. The summed E-state index contributed by atoms with van der Waals surface area (Å²) in [5.41, 5.74) is 3.66. The van der Waals surface area contributed by atoms with Crippen LogP contribution in [0.1, 0.15) is 12.0 Å². The number of hydrogen-bond donors (Lipinski definition) is 2. The maximum absolute atomic E-state index is 4.31. The van der Waals surface area contributed by atoms with E-state index in [0.717, 1.165) is 29.0 Å². The van der Waals surface area contributed by atoms with E-state index in [1.54, 1.807) is 0 Å². The van der Waals surface area contributed by atoms with E-state index in [1.807, 2.05) is 0 Å². The van der Waals surface area contributed by atoms with Gasteiger partial charge in [0.05, 0.1) is 5.69 Å². The Bertz CT molecular complexity index is 501. The van der Waals surface area contributed by atoms with E-state index in [1.165, 1.54) is 17.5 Å². The van der Waals surface area contributed by atoms with E-state index < -0.39 is 0 Å². The first-order valence-corrected chi connectivity index (χ1v) is 6.21. The molecule has 0 aliphatic carbocycles. The Hall–Kier alpha value is -1.29. The van der Waals surface area contributed by atoms with E-state index in [-0.39, 0.29) is 0 Å². The number of fused-ring (bicyclic) bond motifs is 1. The predicted octanol–water partition coefficient (Wildman–Crippen LogP) is 3.20. The molecule has 0 fully saturated rings. The normalized spacial score (nSPS) is 14.3. The molecule has 3 rings (SSSR count). The van der Waals surface area contributed by atoms with Crippen molar-refractivity contribution in [1.29, 1.82) is 0 Å². The molecule has 0 radical (unpaired) electrons. The van der Waals surface area contributed by atoms with Crippen LogP contribution >= 0.6 is 15.9 Å². The monoisotopic (exact) mass is 277 g/mol. The van der Waals surface area contributed by atoms with E-state index >= 15 is 0 Å². The fraction of sp³-hybridized carbons (Fsp3) is 0.250. The second-order valence-electron chi connectivity index (χ2n) is 3.96. The lowest BCUT2D eigenvalue weighted by Crippen LogP contribution is -2.10. The maximum Gasteiger partial charge on any atom is 0.151 e. The van der Waals surface area contributed by atoms with Crippen molar-refractivity contribution in [2.24, 2.45) is 0 Å². The summed E-state index contributed by atoms with van der Waals surface area (Å²) in [6, 6.07) is 8.32. The molecule has 4 heteroatoms. The molecule has 0 spiro atoms. The van der Waals surface area contributed by atoms with Gasteiger partial charge in [0.2, 0.25) is 0 Å². The smallest absolute Gasteiger partial charge is 0.151 e. The Morgan fingerprint density at radius 3 is 2.81 bits per heavy atom. The van der Waals surface area contributed by atoms with Crippen molar-refractivity contribution in [3.8, 4) is 11.3 Å². The number of H-pyrrole nitrogens is 1. The maximum atomic E-state index is 4.31. The Labute approximate surface area is 102 Å². The van der Waals surface area contributed by atoms with Crippen LogP contribution in [0.2, 0.25) is 0 Å². The molecule has 2 aromatic rings. The van der Waals surface area contributed by atoms with Crippen LogP contribution in [-0.4, -0.2) is 16.7 Å². The third-order valence-corrected chi connectivity index (χ3v) is 3.42. The van der Waals surface area contributed by atoms with Crippen molar-refractivity contribution in [2.75, 3.05) is 11.9 Å². The molecule has 82 valence electrons. The quantitative estimate of drug-likeness (QED) is 0.841. The van der Waals surface area contributed by atoms with Gasteiger partial charge in [-0.1, -0.05) is 28.1 Å². The molecule has 0 bridgehead atoms. The molecule has 3 nitrogen and oxygen atoms in total. The first kappa shape index (κ1) is 9.90. The number of halogens is 1. The molecule has 0 saturated carbocycles. The average Bonchev–Trinajstić information content (AvgIpc) is 2.74. The molecule has 1 aromatic carbocycles. The Kier molecular flexibility index (Phi) is 2.44. The zero-order chi connectivity index (χ0) is 11.0. The van der Waals surface area contributed by atoms with Crippen LogP contribution in [0.5, 0.6) is 0 Å². The van der Waals surface area contributed by atoms with Gasteiger partial charge in [0, 0.05) is 16.6 Å². The highest BCUT2D eigenvalue weighted by molar-refractivity contribution is 9.10. The van der Waals surface area contributed by atoms with Crippen molar-refractivity contribution in [1.82, 2.24) is 10.2 Å². The number of anilines is 1. The van der Waals surface area contributed by atoms with Gasteiger partial charge in [-0.15, -0.1) is 0 Å². The lowest BCUT2D eigenvalue weighted by atomic mass is 10.0. The first-order valence-electron chi connectivity index (χ1n) is 5.41. The number of nitrogens with one attached hydrogen (secondary N) is 2. The summed E-state index contributed by atoms with van der Waals surface area (Å²) in [5, 5.41) is 10.7. The molecule has 0 saturated heterocycles. The Morgan fingerprint density at radius 1 is 1.19 bits per heavy atom. The highest BCUT2D eigenvalue weighted by Crippen LogP contribution is 2.30. The number of aromatic nitrogens is 2. The van der Waals surface area contributed by atoms with E-state index in [4.69, 9.17) is 0 Å². The van der Waals surface area contributed by atoms with Gasteiger partial charge in [0.1, 0.15) is 0 Å². The summed E-state index contributed by atoms with van der Waals surface area (Å²) in [6.07, 6.45) is 2.28. The van der Waals surface area contributed by atoms with Gasteiger partial charge in [0.15, 0.2) is 5.82 Å². The zero-order valence-electron chi connectivity index (χ0n) is 8.76. The molecule has 2 heterocycles. The van der Waals surface area contributed by atoms with Gasteiger partial charge in [-0.05, 0) is 30.5 Å². The van der Waals surface area contributed by atoms with Crippen molar-refractivity contribution < 1.29 is 0 Å². The molecule has 1 aliphatic rings. The second kappa shape index (κ2) is 3.94. The van der Waals surface area contributed by atoms with Crippen molar-refractivity contribution in [3.63, 3.8) is 0 Å². The van der Waals surface area contributed by atoms with Crippen LogP contribution < -0.4 is 5.32 Å². The number of rotatable bonds is 1. The van der Waals surface area contributed by atoms with Crippen molar-refractivity contribution >= 4 is 21.7 Å². The highest BCUT2D eigenvalue weighted by atomic mass is 79.9. The van der Waals surface area contributed by atoms with Crippen molar-refractivity contribution in [3.05, 3.63) is 34.3 Å².